The summed E-state index contributed by atoms with van der Waals surface area (Å²) in [6.45, 7) is 3.03. The summed E-state index contributed by atoms with van der Waals surface area (Å²) in [4.78, 5) is 29.4. The van der Waals surface area contributed by atoms with Crippen LogP contribution >= 0.6 is 0 Å². The Kier molecular flexibility index (Phi) is 4.87. The van der Waals surface area contributed by atoms with Crippen molar-refractivity contribution in [1.29, 1.82) is 0 Å². The lowest BCUT2D eigenvalue weighted by atomic mass is 9.95. The van der Waals surface area contributed by atoms with Gasteiger partial charge >= 0.3 is 11.8 Å². The van der Waals surface area contributed by atoms with Gasteiger partial charge in [0.05, 0.1) is 4.92 Å². The van der Waals surface area contributed by atoms with Gasteiger partial charge < -0.3 is 20.2 Å². The quantitative estimate of drug-likeness (QED) is 0.638. The van der Waals surface area contributed by atoms with Crippen LogP contribution in [-0.4, -0.2) is 54.3 Å². The molecule has 9 nitrogen and oxygen atoms in total. The van der Waals surface area contributed by atoms with Gasteiger partial charge in [-0.1, -0.05) is 6.92 Å². The van der Waals surface area contributed by atoms with Crippen molar-refractivity contribution in [2.45, 2.75) is 19.4 Å². The van der Waals surface area contributed by atoms with Gasteiger partial charge in [-0.15, -0.1) is 0 Å². The fourth-order valence-electron chi connectivity index (χ4n) is 2.89. The summed E-state index contributed by atoms with van der Waals surface area (Å²) >= 11 is 0. The Labute approximate surface area is 134 Å². The first kappa shape index (κ1) is 16.8. The Morgan fingerprint density at radius 3 is 2.78 bits per heavy atom. The molecule has 1 amide bonds. The largest absolute Gasteiger partial charge is 0.465 e. The fourth-order valence-corrected chi connectivity index (χ4v) is 2.89. The molecule has 2 heterocycles. The second kappa shape index (κ2) is 6.67. The Balaban J connectivity index is 2.35. The molecule has 1 aliphatic rings. The zero-order chi connectivity index (χ0) is 17.1. The molecular formula is C14H21N5O4. The molecule has 1 saturated heterocycles. The maximum absolute atomic E-state index is 11.3. The molecule has 2 atom stereocenters. The van der Waals surface area contributed by atoms with E-state index < -0.39 is 11.0 Å². The molecule has 9 heteroatoms. The number of nitrogens with zero attached hydrogens (tertiary/aromatic N) is 4. The molecule has 1 aromatic heterocycles. The minimum atomic E-state index is -1.08. The van der Waals surface area contributed by atoms with Crippen molar-refractivity contribution < 1.29 is 14.8 Å². The predicted octanol–water partition coefficient (Wildman–Crippen LogP) is 1.54. The van der Waals surface area contributed by atoms with Crippen molar-refractivity contribution in [1.82, 2.24) is 10.3 Å². The monoisotopic (exact) mass is 323 g/mol. The fraction of sp³-hybridized carbons (Fsp3) is 0.571. The molecular weight excluding hydrogens is 302 g/mol. The van der Waals surface area contributed by atoms with Crippen molar-refractivity contribution >= 4 is 23.3 Å². The smallest absolute Gasteiger partial charge is 0.404 e. The zero-order valence-corrected chi connectivity index (χ0v) is 13.4. The molecule has 0 unspecified atom stereocenters. The number of rotatable bonds is 4. The van der Waals surface area contributed by atoms with Crippen LogP contribution in [0.25, 0.3) is 0 Å². The van der Waals surface area contributed by atoms with E-state index in [4.69, 9.17) is 5.11 Å². The van der Waals surface area contributed by atoms with E-state index in [-0.39, 0.29) is 17.6 Å². The minimum Gasteiger partial charge on any atom is -0.465 e. The highest BCUT2D eigenvalue weighted by Gasteiger charge is 2.30. The molecule has 0 spiro atoms. The van der Waals surface area contributed by atoms with Gasteiger partial charge in [0.1, 0.15) is 17.7 Å². The number of amides is 1. The van der Waals surface area contributed by atoms with E-state index in [1.165, 1.54) is 6.20 Å². The second-order valence-electron chi connectivity index (χ2n) is 6.08. The molecule has 2 N–H and O–H groups in total. The van der Waals surface area contributed by atoms with E-state index in [1.54, 1.807) is 11.0 Å². The van der Waals surface area contributed by atoms with E-state index >= 15 is 0 Å². The normalized spacial score (nSPS) is 20.9. The maximum Gasteiger partial charge on any atom is 0.404 e. The summed E-state index contributed by atoms with van der Waals surface area (Å²) in [7, 11) is 3.62. The van der Waals surface area contributed by atoms with Crippen LogP contribution in [0.2, 0.25) is 0 Å². The highest BCUT2D eigenvalue weighted by Crippen LogP contribution is 2.33. The van der Waals surface area contributed by atoms with E-state index in [2.05, 4.69) is 10.3 Å². The number of hydrogen-bond acceptors (Lipinski definition) is 6. The first-order chi connectivity index (χ1) is 10.8. The zero-order valence-electron chi connectivity index (χ0n) is 13.4. The van der Waals surface area contributed by atoms with Crippen molar-refractivity contribution in [3.63, 3.8) is 0 Å². The summed E-state index contributed by atoms with van der Waals surface area (Å²) in [5, 5.41) is 22.7. The van der Waals surface area contributed by atoms with Gasteiger partial charge in [0.15, 0.2) is 0 Å². The van der Waals surface area contributed by atoms with Gasteiger partial charge in [-0.3, -0.25) is 10.1 Å². The molecule has 0 bridgehead atoms. The first-order valence-electron chi connectivity index (χ1n) is 7.34. The number of aromatic nitrogens is 1. The topological polar surface area (TPSA) is 112 Å². The lowest BCUT2D eigenvalue weighted by molar-refractivity contribution is -0.384. The molecule has 23 heavy (non-hydrogen) atoms. The van der Waals surface area contributed by atoms with Crippen molar-refractivity contribution in [3.8, 4) is 0 Å². The Morgan fingerprint density at radius 2 is 2.22 bits per heavy atom. The van der Waals surface area contributed by atoms with E-state index in [1.807, 2.05) is 25.9 Å². The maximum atomic E-state index is 11.3. The van der Waals surface area contributed by atoms with Gasteiger partial charge in [0.2, 0.25) is 0 Å². The van der Waals surface area contributed by atoms with E-state index in [0.717, 1.165) is 0 Å². The third kappa shape index (κ3) is 3.99. The Morgan fingerprint density at radius 1 is 1.52 bits per heavy atom. The van der Waals surface area contributed by atoms with Crippen LogP contribution in [-0.2, 0) is 0 Å². The van der Waals surface area contributed by atoms with Crippen molar-refractivity contribution in [2.75, 3.05) is 37.0 Å². The Hall–Kier alpha value is -2.58. The molecule has 126 valence electrons. The number of carboxylic acid groups (broad SMARTS) is 1. The highest BCUT2D eigenvalue weighted by atomic mass is 16.6. The van der Waals surface area contributed by atoms with Crippen LogP contribution in [0.3, 0.4) is 0 Å². The lowest BCUT2D eigenvalue weighted by Crippen LogP contribution is -2.50. The van der Waals surface area contributed by atoms with Crippen LogP contribution < -0.4 is 15.1 Å². The van der Waals surface area contributed by atoms with Gasteiger partial charge in [-0.25, -0.2) is 9.78 Å². The number of hydrogen-bond donors (Lipinski definition) is 2. The number of nitro groups is 1. The highest BCUT2D eigenvalue weighted by molar-refractivity contribution is 5.68. The number of pyridine rings is 1. The van der Waals surface area contributed by atoms with E-state index in [0.29, 0.717) is 31.0 Å². The van der Waals surface area contributed by atoms with Crippen LogP contribution in [0.5, 0.6) is 0 Å². The third-order valence-corrected chi connectivity index (χ3v) is 3.83. The first-order valence-corrected chi connectivity index (χ1v) is 7.34. The average molecular weight is 323 g/mol. The van der Waals surface area contributed by atoms with Gasteiger partial charge in [0.25, 0.3) is 0 Å². The number of anilines is 2. The summed E-state index contributed by atoms with van der Waals surface area (Å²) in [6, 6.07) is 1.42. The summed E-state index contributed by atoms with van der Waals surface area (Å²) in [5.74, 6) is 0.836. The molecule has 2 rings (SSSR count). The van der Waals surface area contributed by atoms with Crippen LogP contribution in [0.4, 0.5) is 22.0 Å². The SMILES string of the molecule is C[C@@H]1C[C@H](NC(=O)O)CN(c2cc(N(C)C)ncc2[N+](=O)[O-])C1. The molecule has 1 aromatic rings. The van der Waals surface area contributed by atoms with Crippen molar-refractivity contribution in [2.24, 2.45) is 5.92 Å². The summed E-state index contributed by atoms with van der Waals surface area (Å²) < 4.78 is 0. The molecule has 1 fully saturated rings. The number of carbonyl (C=O) groups is 1. The summed E-state index contributed by atoms with van der Waals surface area (Å²) in [6.07, 6.45) is 0.883. The van der Waals surface area contributed by atoms with Crippen LogP contribution in [0, 0.1) is 16.0 Å². The Bertz CT molecular complexity index is 607. The third-order valence-electron chi connectivity index (χ3n) is 3.83. The summed E-state index contributed by atoms with van der Waals surface area (Å²) in [5.41, 5.74) is 0.399. The minimum absolute atomic E-state index is 0.0706. The standard InChI is InChI=1S/C14H21N5O4/c1-9-4-10(16-14(20)21)8-18(7-9)11-5-13(17(2)3)15-6-12(11)19(22)23/h5-6,9-10,16H,4,7-8H2,1-3H3,(H,20,21)/t9-,10+/m1/s1. The van der Waals surface area contributed by atoms with Crippen LogP contribution in [0.15, 0.2) is 12.3 Å². The molecule has 0 aromatic carbocycles. The lowest BCUT2D eigenvalue weighted by Gasteiger charge is -2.37. The van der Waals surface area contributed by atoms with E-state index in [9.17, 15) is 14.9 Å². The van der Waals surface area contributed by atoms with Gasteiger partial charge in [0, 0.05) is 39.3 Å². The molecule has 0 radical (unpaired) electrons. The second-order valence-corrected chi connectivity index (χ2v) is 6.08. The average Bonchev–Trinajstić information content (AvgIpc) is 2.45. The number of nitrogens with one attached hydrogen (secondary N) is 1. The van der Waals surface area contributed by atoms with Gasteiger partial charge in [-0.2, -0.15) is 0 Å². The van der Waals surface area contributed by atoms with Crippen LogP contribution in [0.1, 0.15) is 13.3 Å². The molecule has 0 saturated carbocycles. The molecule has 0 aliphatic carbocycles. The number of piperidine rings is 1. The van der Waals surface area contributed by atoms with Gasteiger partial charge in [-0.05, 0) is 12.3 Å². The van der Waals surface area contributed by atoms with Crippen molar-refractivity contribution in [3.05, 3.63) is 22.4 Å². The predicted molar refractivity (Wildman–Crippen MR) is 86.2 cm³/mol. The molecule has 1 aliphatic heterocycles.